The van der Waals surface area contributed by atoms with Gasteiger partial charge in [0, 0.05) is 17.7 Å². The number of ether oxygens (including phenoxy) is 2. The Morgan fingerprint density at radius 1 is 0.949 bits per heavy atom. The number of aromatic nitrogens is 1. The second-order valence-electron chi connectivity index (χ2n) is 9.63. The fraction of sp³-hybridized carbons (Fsp3) is 0.250. The predicted molar refractivity (Wildman–Crippen MR) is 157 cm³/mol. The molecule has 2 heterocycles. The van der Waals surface area contributed by atoms with E-state index in [-0.39, 0.29) is 5.92 Å². The Bertz CT molecular complexity index is 1410. The third kappa shape index (κ3) is 5.59. The largest absolute Gasteiger partial charge is 0.497 e. The molecule has 3 aromatic rings. The van der Waals surface area contributed by atoms with Crippen LogP contribution in [0.4, 0.5) is 5.82 Å². The van der Waals surface area contributed by atoms with Crippen molar-refractivity contribution in [3.8, 4) is 5.75 Å². The maximum atomic E-state index is 6.89. The molecule has 1 aliphatic carbocycles. The molecule has 0 spiro atoms. The van der Waals surface area contributed by atoms with Crippen molar-refractivity contribution >= 4 is 17.2 Å². The van der Waals surface area contributed by atoms with Crippen molar-refractivity contribution in [3.63, 3.8) is 0 Å². The van der Waals surface area contributed by atoms with Crippen LogP contribution >= 0.6 is 0 Å². The van der Waals surface area contributed by atoms with E-state index in [9.17, 15) is 0 Å². The predicted octanol–water partition coefficient (Wildman–Crippen LogP) is 6.62. The molecule has 5 rings (SSSR count). The zero-order valence-corrected chi connectivity index (χ0v) is 22.7. The van der Waals surface area contributed by atoms with E-state index in [1.807, 2.05) is 48.5 Å². The number of hydrogen-bond donors (Lipinski definition) is 2. The lowest BCUT2D eigenvalue weighted by Gasteiger charge is -2.33. The summed E-state index contributed by atoms with van der Waals surface area (Å²) in [4.78, 5) is 9.71. The van der Waals surface area contributed by atoms with Gasteiger partial charge >= 0.3 is 0 Å². The van der Waals surface area contributed by atoms with Gasteiger partial charge in [-0.1, -0.05) is 61.5 Å². The number of nitrogens with one attached hydrogen (secondary N) is 1. The second kappa shape index (κ2) is 12.0. The quantitative estimate of drug-likeness (QED) is 0.340. The van der Waals surface area contributed by atoms with Crippen LogP contribution in [0.5, 0.6) is 5.75 Å². The van der Waals surface area contributed by atoms with Crippen LogP contribution in [-0.4, -0.2) is 30.0 Å². The van der Waals surface area contributed by atoms with Crippen LogP contribution in [0.15, 0.2) is 113 Å². The Morgan fingerprint density at radius 3 is 2.36 bits per heavy atom. The van der Waals surface area contributed by atoms with Gasteiger partial charge in [0.05, 0.1) is 19.8 Å². The number of nitrogens with zero attached hydrogens (tertiary/aromatic N) is 3. The molecule has 1 aromatic heterocycles. The summed E-state index contributed by atoms with van der Waals surface area (Å²) in [5.41, 5.74) is 5.22. The van der Waals surface area contributed by atoms with Crippen molar-refractivity contribution in [3.05, 3.63) is 119 Å². The Labute approximate surface area is 230 Å². The molecule has 0 radical (unpaired) electrons. The molecule has 0 bridgehead atoms. The lowest BCUT2D eigenvalue weighted by Crippen LogP contribution is -2.38. The average molecular weight is 522 g/mol. The summed E-state index contributed by atoms with van der Waals surface area (Å²) in [5, 5.41) is 5.03. The zero-order chi connectivity index (χ0) is 27.2. The molecule has 3 N–H and O–H groups in total. The molecular formula is C32H35N5O2. The van der Waals surface area contributed by atoms with Crippen LogP contribution in [0.25, 0.3) is 5.57 Å². The zero-order valence-electron chi connectivity index (χ0n) is 22.7. The highest BCUT2D eigenvalue weighted by atomic mass is 16.5. The topological polar surface area (TPSA) is 85.0 Å². The Balaban J connectivity index is 1.73. The van der Waals surface area contributed by atoms with Gasteiger partial charge in [-0.25, -0.2) is 20.8 Å². The van der Waals surface area contributed by atoms with E-state index in [1.54, 1.807) is 25.4 Å². The van der Waals surface area contributed by atoms with Gasteiger partial charge in [0.15, 0.2) is 5.82 Å². The number of allylic oxidation sites excluding steroid dienone is 3. The lowest BCUT2D eigenvalue weighted by atomic mass is 9.83. The maximum Gasteiger partial charge on any atom is 0.221 e. The van der Waals surface area contributed by atoms with E-state index in [0.717, 1.165) is 41.7 Å². The summed E-state index contributed by atoms with van der Waals surface area (Å²) in [5.74, 6) is 10.2. The first-order valence-corrected chi connectivity index (χ1v) is 13.3. The summed E-state index contributed by atoms with van der Waals surface area (Å²) < 4.78 is 11.4. The van der Waals surface area contributed by atoms with Crippen LogP contribution in [0, 0.1) is 0 Å². The minimum Gasteiger partial charge on any atom is -0.497 e. The van der Waals surface area contributed by atoms with E-state index in [0.29, 0.717) is 23.4 Å². The Hall–Kier alpha value is -4.36. The van der Waals surface area contributed by atoms with Crippen LogP contribution in [0.1, 0.15) is 49.7 Å². The normalized spacial score (nSPS) is 17.7. The lowest BCUT2D eigenvalue weighted by molar-refractivity contribution is 0.180. The molecule has 0 amide bonds. The highest BCUT2D eigenvalue weighted by molar-refractivity contribution is 6.29. The molecule has 200 valence electrons. The minimum atomic E-state index is 0.0668. The molecule has 0 fully saturated rings. The van der Waals surface area contributed by atoms with Crippen molar-refractivity contribution < 1.29 is 9.47 Å². The number of methoxy groups -OCH3 is 2. The molecular weight excluding hydrogens is 486 g/mol. The summed E-state index contributed by atoms with van der Waals surface area (Å²) >= 11 is 0. The number of nitrogens with two attached hydrogens (primary N) is 1. The Morgan fingerprint density at radius 2 is 1.72 bits per heavy atom. The second-order valence-corrected chi connectivity index (χ2v) is 9.63. The molecule has 0 saturated heterocycles. The van der Waals surface area contributed by atoms with Crippen molar-refractivity contribution in [2.24, 2.45) is 10.8 Å². The van der Waals surface area contributed by atoms with E-state index in [4.69, 9.17) is 20.3 Å². The number of hydrogen-bond acceptors (Lipinski definition) is 7. The molecule has 2 aromatic carbocycles. The van der Waals surface area contributed by atoms with Crippen molar-refractivity contribution in [2.45, 2.75) is 38.5 Å². The summed E-state index contributed by atoms with van der Waals surface area (Å²) in [6.45, 7) is 2.22. The summed E-state index contributed by atoms with van der Waals surface area (Å²) in [6.07, 6.45) is 8.46. The molecule has 39 heavy (non-hydrogen) atoms. The number of aliphatic imine (C=N–C) groups is 1. The van der Waals surface area contributed by atoms with Gasteiger partial charge in [0.2, 0.25) is 5.88 Å². The van der Waals surface area contributed by atoms with Crippen LogP contribution in [-0.2, 0) is 4.74 Å². The van der Waals surface area contributed by atoms with Crippen LogP contribution in [0.3, 0.4) is 0 Å². The van der Waals surface area contributed by atoms with Crippen molar-refractivity contribution in [2.75, 3.05) is 19.5 Å². The minimum absolute atomic E-state index is 0.0668. The maximum absolute atomic E-state index is 6.89. The summed E-state index contributed by atoms with van der Waals surface area (Å²) in [7, 11) is 3.29. The van der Waals surface area contributed by atoms with E-state index >= 15 is 0 Å². The molecule has 1 unspecified atom stereocenters. The van der Waals surface area contributed by atoms with Crippen molar-refractivity contribution in [1.82, 2.24) is 9.99 Å². The first kappa shape index (κ1) is 26.3. The molecule has 7 nitrogen and oxygen atoms in total. The van der Waals surface area contributed by atoms with Gasteiger partial charge in [0.25, 0.3) is 0 Å². The monoisotopic (exact) mass is 521 g/mol. The molecule has 0 saturated carbocycles. The van der Waals surface area contributed by atoms with Gasteiger partial charge in [-0.15, -0.1) is 0 Å². The van der Waals surface area contributed by atoms with Gasteiger partial charge in [0.1, 0.15) is 17.4 Å². The number of anilines is 1. The molecule has 7 heteroatoms. The number of hydrazine groups is 1. The van der Waals surface area contributed by atoms with Gasteiger partial charge in [-0.05, 0) is 66.6 Å². The number of amidine groups is 1. The van der Waals surface area contributed by atoms with Crippen LogP contribution in [0.2, 0.25) is 0 Å². The molecule has 2 aliphatic rings. The highest BCUT2D eigenvalue weighted by Crippen LogP contribution is 2.40. The average Bonchev–Trinajstić information content (AvgIpc) is 3.00. The fourth-order valence-electron chi connectivity index (χ4n) is 5.20. The SMILES string of the molecule is COC1=C(c2ccc(OC)cc2)C(Nc2ccccn2)=N/C(=C(\C2=CCCCC2)C(C)c2ccccc2)N1N. The third-order valence-electron chi connectivity index (χ3n) is 7.21. The number of benzene rings is 2. The highest BCUT2D eigenvalue weighted by Gasteiger charge is 2.32. The van der Waals surface area contributed by atoms with Crippen molar-refractivity contribution in [1.29, 1.82) is 0 Å². The molecule has 1 aliphatic heterocycles. The molecule has 1 atom stereocenters. The summed E-state index contributed by atoms with van der Waals surface area (Å²) in [6, 6.07) is 24.0. The third-order valence-corrected chi connectivity index (χ3v) is 7.21. The number of pyridine rings is 1. The van der Waals surface area contributed by atoms with Crippen LogP contribution < -0.4 is 15.9 Å². The van der Waals surface area contributed by atoms with E-state index < -0.39 is 0 Å². The Kier molecular flexibility index (Phi) is 8.08. The number of rotatable bonds is 7. The van der Waals surface area contributed by atoms with Gasteiger partial charge in [-0.2, -0.15) is 0 Å². The van der Waals surface area contributed by atoms with Gasteiger partial charge < -0.3 is 14.8 Å². The van der Waals surface area contributed by atoms with E-state index in [1.165, 1.54) is 17.6 Å². The van der Waals surface area contributed by atoms with E-state index in [2.05, 4.69) is 47.6 Å². The first-order valence-electron chi connectivity index (χ1n) is 13.3. The smallest absolute Gasteiger partial charge is 0.221 e. The standard InChI is InChI=1S/C32H35N5O2/c1-22(23-12-6-4-7-13-23)28(24-14-8-5-9-15-24)31-36-30(35-27-16-10-11-21-34-27)29(32(39-3)37(31)33)25-17-19-26(38-2)20-18-25/h4,6-7,10-14,16-22H,5,8-9,15,33H2,1-3H3,(H,34,35,36)/b31-28+. The first-order chi connectivity index (χ1) is 19.1. The van der Waals surface area contributed by atoms with Gasteiger partial charge in [-0.3, -0.25) is 0 Å². The fourth-order valence-corrected chi connectivity index (χ4v) is 5.20.